The fraction of sp³-hybridized carbons (Fsp3) is 0.632. The molecular formula is C19H25NO2S. The van der Waals surface area contributed by atoms with Crippen molar-refractivity contribution < 1.29 is 9.53 Å². The lowest BCUT2D eigenvalue weighted by atomic mass is 9.53. The molecule has 124 valence electrons. The lowest BCUT2D eigenvalue weighted by Crippen LogP contribution is -2.60. The van der Waals surface area contributed by atoms with Crippen LogP contribution in [0.2, 0.25) is 0 Å². The maximum Gasteiger partial charge on any atom is 0.230 e. The van der Waals surface area contributed by atoms with Crippen LogP contribution in [-0.4, -0.2) is 24.3 Å². The van der Waals surface area contributed by atoms with Crippen molar-refractivity contribution in [2.45, 2.75) is 49.0 Å². The smallest absolute Gasteiger partial charge is 0.230 e. The first-order chi connectivity index (χ1) is 11.1. The highest BCUT2D eigenvalue weighted by molar-refractivity contribution is 8.00. The second-order valence-electron chi connectivity index (χ2n) is 7.71. The third-order valence-corrected chi connectivity index (χ3v) is 6.88. The van der Waals surface area contributed by atoms with Crippen LogP contribution in [0.25, 0.3) is 0 Å². The molecule has 0 saturated heterocycles. The van der Waals surface area contributed by atoms with Crippen LogP contribution in [0.1, 0.15) is 38.5 Å². The predicted octanol–water partition coefficient (Wildman–Crippen LogP) is 3.87. The largest absolute Gasteiger partial charge is 0.497 e. The van der Waals surface area contributed by atoms with Crippen molar-refractivity contribution in [1.29, 1.82) is 0 Å². The average Bonchev–Trinajstić information content (AvgIpc) is 2.51. The van der Waals surface area contributed by atoms with E-state index in [4.69, 9.17) is 4.74 Å². The first-order valence-electron chi connectivity index (χ1n) is 8.72. The molecule has 4 heteroatoms. The van der Waals surface area contributed by atoms with Crippen molar-refractivity contribution in [3.63, 3.8) is 0 Å². The summed E-state index contributed by atoms with van der Waals surface area (Å²) in [6.07, 6.45) is 7.90. The van der Waals surface area contributed by atoms with Crippen LogP contribution in [0.15, 0.2) is 29.2 Å². The number of rotatable bonds is 5. The Morgan fingerprint density at radius 1 is 1.13 bits per heavy atom. The number of ether oxygens (including phenoxy) is 1. The first-order valence-corrected chi connectivity index (χ1v) is 9.70. The average molecular weight is 331 g/mol. The second kappa shape index (κ2) is 6.04. The van der Waals surface area contributed by atoms with Gasteiger partial charge in [-0.25, -0.2) is 0 Å². The maximum atomic E-state index is 12.5. The van der Waals surface area contributed by atoms with Gasteiger partial charge in [0, 0.05) is 10.4 Å². The van der Waals surface area contributed by atoms with Crippen LogP contribution in [0, 0.1) is 17.8 Å². The Morgan fingerprint density at radius 2 is 1.70 bits per heavy atom. The Hall–Kier alpha value is -1.16. The Balaban J connectivity index is 1.33. The molecule has 3 nitrogen and oxygen atoms in total. The molecule has 0 unspecified atom stereocenters. The maximum absolute atomic E-state index is 12.5. The van der Waals surface area contributed by atoms with Crippen LogP contribution >= 0.6 is 11.8 Å². The van der Waals surface area contributed by atoms with E-state index in [1.807, 2.05) is 24.3 Å². The molecule has 0 aliphatic heterocycles. The molecule has 4 aliphatic carbocycles. The third kappa shape index (κ3) is 3.23. The lowest BCUT2D eigenvalue weighted by Gasteiger charge is -2.56. The number of hydrogen-bond acceptors (Lipinski definition) is 3. The molecule has 0 radical (unpaired) electrons. The molecule has 1 amide bonds. The van der Waals surface area contributed by atoms with Gasteiger partial charge in [-0.15, -0.1) is 11.8 Å². The van der Waals surface area contributed by atoms with Crippen molar-refractivity contribution in [1.82, 2.24) is 5.32 Å². The van der Waals surface area contributed by atoms with E-state index in [2.05, 4.69) is 5.32 Å². The summed E-state index contributed by atoms with van der Waals surface area (Å²) in [6, 6.07) is 7.92. The standard InChI is InChI=1S/C19H25NO2S/c1-22-16-2-4-17(5-3-16)23-12-18(21)20-19-9-13-6-14(10-19)8-15(7-13)11-19/h2-5,13-15H,6-12H2,1H3,(H,20,21). The minimum Gasteiger partial charge on any atom is -0.497 e. The van der Waals surface area contributed by atoms with Gasteiger partial charge >= 0.3 is 0 Å². The SMILES string of the molecule is COc1ccc(SCC(=O)NC23CC4CC(CC(C4)C2)C3)cc1. The van der Waals surface area contributed by atoms with Gasteiger partial charge in [0.1, 0.15) is 5.75 Å². The molecule has 4 saturated carbocycles. The zero-order valence-corrected chi connectivity index (χ0v) is 14.5. The molecule has 23 heavy (non-hydrogen) atoms. The number of hydrogen-bond donors (Lipinski definition) is 1. The fourth-order valence-electron chi connectivity index (χ4n) is 5.42. The number of carbonyl (C=O) groups is 1. The summed E-state index contributed by atoms with van der Waals surface area (Å²) >= 11 is 1.61. The lowest BCUT2D eigenvalue weighted by molar-refractivity contribution is -0.124. The summed E-state index contributed by atoms with van der Waals surface area (Å²) < 4.78 is 5.17. The van der Waals surface area contributed by atoms with Gasteiger partial charge in [-0.05, 0) is 80.5 Å². The predicted molar refractivity (Wildman–Crippen MR) is 92.8 cm³/mol. The number of thioether (sulfide) groups is 1. The number of benzene rings is 1. The highest BCUT2D eigenvalue weighted by atomic mass is 32.2. The molecule has 0 heterocycles. The minimum absolute atomic E-state index is 0.131. The molecule has 5 rings (SSSR count). The summed E-state index contributed by atoms with van der Waals surface area (Å²) in [5.74, 6) is 4.18. The highest BCUT2D eigenvalue weighted by Gasteiger charge is 2.51. The first kappa shape index (κ1) is 15.4. The van der Waals surface area contributed by atoms with Crippen molar-refractivity contribution in [2.75, 3.05) is 12.9 Å². The van der Waals surface area contributed by atoms with Crippen molar-refractivity contribution in [2.24, 2.45) is 17.8 Å². The van der Waals surface area contributed by atoms with Crippen molar-refractivity contribution in [3.8, 4) is 5.75 Å². The molecule has 4 fully saturated rings. The van der Waals surface area contributed by atoms with E-state index in [1.165, 1.54) is 38.5 Å². The van der Waals surface area contributed by atoms with Gasteiger partial charge in [-0.3, -0.25) is 4.79 Å². The Labute approximate surface area is 142 Å². The van der Waals surface area contributed by atoms with E-state index in [0.29, 0.717) is 5.75 Å². The molecule has 1 aromatic rings. The van der Waals surface area contributed by atoms with E-state index in [-0.39, 0.29) is 11.4 Å². The second-order valence-corrected chi connectivity index (χ2v) is 8.76. The van der Waals surface area contributed by atoms with E-state index in [9.17, 15) is 4.79 Å². The van der Waals surface area contributed by atoms with Crippen LogP contribution in [0.5, 0.6) is 5.75 Å². The fourth-order valence-corrected chi connectivity index (χ4v) is 6.11. The van der Waals surface area contributed by atoms with Gasteiger partial charge < -0.3 is 10.1 Å². The normalized spacial score (nSPS) is 34.4. The van der Waals surface area contributed by atoms with Gasteiger partial charge in [-0.2, -0.15) is 0 Å². The Bertz CT molecular complexity index is 548. The zero-order valence-electron chi connectivity index (χ0n) is 13.7. The van der Waals surface area contributed by atoms with Crippen LogP contribution < -0.4 is 10.1 Å². The number of amides is 1. The van der Waals surface area contributed by atoms with Crippen LogP contribution in [-0.2, 0) is 4.79 Å². The van der Waals surface area contributed by atoms with Crippen molar-refractivity contribution >= 4 is 17.7 Å². The van der Waals surface area contributed by atoms with Gasteiger partial charge in [0.2, 0.25) is 5.91 Å². The van der Waals surface area contributed by atoms with E-state index in [1.54, 1.807) is 18.9 Å². The molecule has 0 aromatic heterocycles. The van der Waals surface area contributed by atoms with Crippen LogP contribution in [0.3, 0.4) is 0 Å². The summed E-state index contributed by atoms with van der Waals surface area (Å²) in [4.78, 5) is 13.6. The van der Waals surface area contributed by atoms with E-state index in [0.717, 1.165) is 28.4 Å². The Kier molecular flexibility index (Phi) is 4.04. The van der Waals surface area contributed by atoms with Crippen molar-refractivity contribution in [3.05, 3.63) is 24.3 Å². The third-order valence-electron chi connectivity index (χ3n) is 5.87. The van der Waals surface area contributed by atoms with E-state index >= 15 is 0 Å². The molecular weight excluding hydrogens is 306 g/mol. The number of methoxy groups -OCH3 is 1. The summed E-state index contributed by atoms with van der Waals surface area (Å²) in [5.41, 5.74) is 0.131. The number of nitrogens with one attached hydrogen (secondary N) is 1. The summed E-state index contributed by atoms with van der Waals surface area (Å²) in [5, 5.41) is 3.43. The highest BCUT2D eigenvalue weighted by Crippen LogP contribution is 2.55. The molecule has 0 spiro atoms. The van der Waals surface area contributed by atoms with Gasteiger partial charge in [0.15, 0.2) is 0 Å². The monoisotopic (exact) mass is 331 g/mol. The number of carbonyl (C=O) groups excluding carboxylic acids is 1. The Morgan fingerprint density at radius 3 is 2.22 bits per heavy atom. The van der Waals surface area contributed by atoms with Crippen LogP contribution in [0.4, 0.5) is 0 Å². The zero-order chi connectivity index (χ0) is 15.9. The molecule has 1 N–H and O–H groups in total. The topological polar surface area (TPSA) is 38.3 Å². The van der Waals surface area contributed by atoms with Gasteiger partial charge in [0.05, 0.1) is 12.9 Å². The minimum atomic E-state index is 0.131. The molecule has 4 bridgehead atoms. The van der Waals surface area contributed by atoms with Gasteiger partial charge in [-0.1, -0.05) is 0 Å². The summed E-state index contributed by atoms with van der Waals surface area (Å²) in [7, 11) is 1.67. The van der Waals surface area contributed by atoms with E-state index < -0.39 is 0 Å². The molecule has 1 aromatic carbocycles. The van der Waals surface area contributed by atoms with Gasteiger partial charge in [0.25, 0.3) is 0 Å². The molecule has 0 atom stereocenters. The quantitative estimate of drug-likeness (QED) is 0.832. The molecule has 4 aliphatic rings. The summed E-state index contributed by atoms with van der Waals surface area (Å²) in [6.45, 7) is 0.